The van der Waals surface area contributed by atoms with Crippen LogP contribution in [0.2, 0.25) is 0 Å². The van der Waals surface area contributed by atoms with E-state index in [-0.39, 0.29) is 11.6 Å². The van der Waals surface area contributed by atoms with Crippen molar-refractivity contribution in [3.63, 3.8) is 0 Å². The van der Waals surface area contributed by atoms with Crippen molar-refractivity contribution in [3.8, 4) is 0 Å². The van der Waals surface area contributed by atoms with Crippen molar-refractivity contribution in [3.05, 3.63) is 0 Å². The van der Waals surface area contributed by atoms with Crippen molar-refractivity contribution < 1.29 is 9.53 Å². The van der Waals surface area contributed by atoms with Crippen molar-refractivity contribution >= 4 is 6.09 Å². The molecule has 0 aromatic heterocycles. The molecule has 3 fully saturated rings. The predicted octanol–water partition coefficient (Wildman–Crippen LogP) is 3.10. The molecule has 0 aromatic carbocycles. The fraction of sp³-hybridized carbons (Fsp3) is 0.950. The lowest BCUT2D eigenvalue weighted by molar-refractivity contribution is -0.0792. The zero-order valence-electron chi connectivity index (χ0n) is 16.9. The van der Waals surface area contributed by atoms with E-state index in [9.17, 15) is 4.79 Å². The fourth-order valence-electron chi connectivity index (χ4n) is 4.88. The number of carbonyl (C=O) groups excluding carboxylic acids is 1. The number of likely N-dealkylation sites (tertiary alicyclic amines) is 2. The molecule has 25 heavy (non-hydrogen) atoms. The number of piperidine rings is 2. The molecule has 3 aliphatic heterocycles. The second kappa shape index (κ2) is 6.73. The number of nitrogens with one attached hydrogen (secondary N) is 1. The van der Waals surface area contributed by atoms with Gasteiger partial charge in [0.05, 0.1) is 0 Å². The van der Waals surface area contributed by atoms with Crippen LogP contribution in [0.3, 0.4) is 0 Å². The lowest BCUT2D eigenvalue weighted by atomic mass is 9.70. The molecule has 3 saturated heterocycles. The summed E-state index contributed by atoms with van der Waals surface area (Å²) in [5.74, 6) is 0.794. The van der Waals surface area contributed by atoms with E-state index in [2.05, 4.69) is 24.1 Å². The van der Waals surface area contributed by atoms with Crippen LogP contribution in [0.4, 0.5) is 4.79 Å². The van der Waals surface area contributed by atoms with Crippen molar-refractivity contribution in [1.82, 2.24) is 15.1 Å². The number of hydrogen-bond acceptors (Lipinski definition) is 4. The van der Waals surface area contributed by atoms with E-state index in [1.165, 1.54) is 38.8 Å². The summed E-state index contributed by atoms with van der Waals surface area (Å²) in [6, 6.07) is 0. The first kappa shape index (κ1) is 19.0. The van der Waals surface area contributed by atoms with Gasteiger partial charge in [-0.25, -0.2) is 4.79 Å². The third-order valence-electron chi connectivity index (χ3n) is 6.68. The van der Waals surface area contributed by atoms with E-state index >= 15 is 0 Å². The topological polar surface area (TPSA) is 44.8 Å². The summed E-state index contributed by atoms with van der Waals surface area (Å²) in [5.41, 5.74) is 0.234. The summed E-state index contributed by atoms with van der Waals surface area (Å²) in [6.45, 7) is 17.1. The Kier molecular flexibility index (Phi) is 5.11. The van der Waals surface area contributed by atoms with Crippen LogP contribution in [0.25, 0.3) is 0 Å². The molecule has 144 valence electrons. The van der Waals surface area contributed by atoms with E-state index in [4.69, 9.17) is 4.74 Å². The van der Waals surface area contributed by atoms with Crippen LogP contribution in [-0.2, 0) is 4.74 Å². The van der Waals surface area contributed by atoms with Gasteiger partial charge in [0.25, 0.3) is 0 Å². The van der Waals surface area contributed by atoms with Gasteiger partial charge in [-0.05, 0) is 92.4 Å². The van der Waals surface area contributed by atoms with Crippen LogP contribution < -0.4 is 5.32 Å². The summed E-state index contributed by atoms with van der Waals surface area (Å²) in [5, 5.41) is 3.48. The molecule has 3 heterocycles. The van der Waals surface area contributed by atoms with Crippen LogP contribution in [0.5, 0.6) is 0 Å². The lowest BCUT2D eigenvalue weighted by Crippen LogP contribution is -2.64. The zero-order chi connectivity index (χ0) is 18.3. The van der Waals surface area contributed by atoms with Crippen LogP contribution in [0.1, 0.15) is 60.3 Å². The third kappa shape index (κ3) is 4.13. The first-order chi connectivity index (χ1) is 11.6. The molecule has 1 spiro atoms. The van der Waals surface area contributed by atoms with E-state index < -0.39 is 5.60 Å². The third-order valence-corrected chi connectivity index (χ3v) is 6.68. The van der Waals surface area contributed by atoms with Crippen LogP contribution in [-0.4, -0.2) is 66.3 Å². The number of hydrogen-bond donors (Lipinski definition) is 1. The molecule has 0 aliphatic carbocycles. The van der Waals surface area contributed by atoms with Crippen molar-refractivity contribution in [2.45, 2.75) is 71.4 Å². The number of carbonyl (C=O) groups is 1. The normalized spacial score (nSPS) is 25.7. The molecule has 0 atom stereocenters. The Morgan fingerprint density at radius 3 is 2.12 bits per heavy atom. The summed E-state index contributed by atoms with van der Waals surface area (Å²) in [7, 11) is 0. The first-order valence-corrected chi connectivity index (χ1v) is 10.1. The van der Waals surface area contributed by atoms with Gasteiger partial charge in [-0.15, -0.1) is 0 Å². The predicted molar refractivity (Wildman–Crippen MR) is 101 cm³/mol. The molecule has 1 amide bonds. The molecule has 0 unspecified atom stereocenters. The van der Waals surface area contributed by atoms with E-state index in [1.807, 2.05) is 25.7 Å². The molecular formula is C20H37N3O2. The Labute approximate surface area is 153 Å². The van der Waals surface area contributed by atoms with Gasteiger partial charge in [-0.3, -0.25) is 4.90 Å². The molecule has 3 rings (SSSR count). The molecule has 0 aromatic rings. The molecule has 0 saturated carbocycles. The minimum absolute atomic E-state index is 0.143. The first-order valence-electron chi connectivity index (χ1n) is 10.1. The Hall–Kier alpha value is -0.810. The van der Waals surface area contributed by atoms with E-state index in [0.29, 0.717) is 5.41 Å². The maximum Gasteiger partial charge on any atom is 0.410 e. The average molecular weight is 352 g/mol. The van der Waals surface area contributed by atoms with Gasteiger partial charge in [0, 0.05) is 24.0 Å². The van der Waals surface area contributed by atoms with E-state index in [1.54, 1.807) is 0 Å². The SMILES string of the molecule is CC(C)(C)OC(=O)N1CC2(CCN(C(C)(C)C3CCNCC3)CC2)C1. The molecule has 0 radical (unpaired) electrons. The highest BCUT2D eigenvalue weighted by Crippen LogP contribution is 2.43. The Morgan fingerprint density at radius 2 is 1.60 bits per heavy atom. The smallest absolute Gasteiger partial charge is 0.410 e. The Morgan fingerprint density at radius 1 is 1.04 bits per heavy atom. The second-order valence-corrected chi connectivity index (χ2v) is 10.0. The largest absolute Gasteiger partial charge is 0.444 e. The maximum atomic E-state index is 12.2. The van der Waals surface area contributed by atoms with Crippen molar-refractivity contribution in [1.29, 1.82) is 0 Å². The van der Waals surface area contributed by atoms with Crippen LogP contribution in [0, 0.1) is 11.3 Å². The summed E-state index contributed by atoms with van der Waals surface area (Å²) in [6.07, 6.45) is 4.86. The highest BCUT2D eigenvalue weighted by atomic mass is 16.6. The number of ether oxygens (including phenoxy) is 1. The van der Waals surface area contributed by atoms with Crippen molar-refractivity contribution in [2.75, 3.05) is 39.3 Å². The zero-order valence-corrected chi connectivity index (χ0v) is 16.9. The number of rotatable bonds is 2. The standard InChI is InChI=1S/C20H37N3O2/c1-18(2,3)25-17(24)22-14-20(15-22)8-12-23(13-9-20)19(4,5)16-6-10-21-11-7-16/h16,21H,6-15H2,1-5H3. The number of nitrogens with zero attached hydrogens (tertiary/aromatic N) is 2. The quantitative estimate of drug-likeness (QED) is 0.830. The fourth-order valence-corrected chi connectivity index (χ4v) is 4.88. The van der Waals surface area contributed by atoms with Crippen LogP contribution in [0.15, 0.2) is 0 Å². The summed E-state index contributed by atoms with van der Waals surface area (Å²) < 4.78 is 5.50. The minimum atomic E-state index is -0.401. The van der Waals surface area contributed by atoms with Gasteiger partial charge in [-0.2, -0.15) is 0 Å². The monoisotopic (exact) mass is 351 g/mol. The van der Waals surface area contributed by atoms with Gasteiger partial charge >= 0.3 is 6.09 Å². The van der Waals surface area contributed by atoms with Gasteiger partial charge in [0.1, 0.15) is 5.60 Å². The lowest BCUT2D eigenvalue weighted by Gasteiger charge is -2.57. The van der Waals surface area contributed by atoms with Crippen molar-refractivity contribution in [2.24, 2.45) is 11.3 Å². The maximum absolute atomic E-state index is 12.2. The highest BCUT2D eigenvalue weighted by molar-refractivity contribution is 5.69. The van der Waals surface area contributed by atoms with Gasteiger partial charge < -0.3 is 15.0 Å². The van der Waals surface area contributed by atoms with Gasteiger partial charge in [0.2, 0.25) is 0 Å². The second-order valence-electron chi connectivity index (χ2n) is 10.0. The highest BCUT2D eigenvalue weighted by Gasteiger charge is 2.49. The van der Waals surface area contributed by atoms with Gasteiger partial charge in [-0.1, -0.05) is 0 Å². The summed E-state index contributed by atoms with van der Waals surface area (Å²) in [4.78, 5) is 16.8. The molecular weight excluding hydrogens is 314 g/mol. The summed E-state index contributed by atoms with van der Waals surface area (Å²) >= 11 is 0. The Balaban J connectivity index is 1.49. The average Bonchev–Trinajstić information content (AvgIpc) is 2.52. The van der Waals surface area contributed by atoms with Crippen LogP contribution >= 0.6 is 0 Å². The van der Waals surface area contributed by atoms with Gasteiger partial charge in [0.15, 0.2) is 0 Å². The molecule has 0 bridgehead atoms. The Bertz CT molecular complexity index is 476. The minimum Gasteiger partial charge on any atom is -0.444 e. The molecule has 1 N–H and O–H groups in total. The van der Waals surface area contributed by atoms with E-state index in [0.717, 1.165) is 32.1 Å². The molecule has 3 aliphatic rings. The molecule has 5 heteroatoms. The molecule has 5 nitrogen and oxygen atoms in total. The number of amides is 1.